The highest BCUT2D eigenvalue weighted by molar-refractivity contribution is 5.61. The van der Waals surface area contributed by atoms with Gasteiger partial charge in [-0.15, -0.1) is 6.58 Å². The third-order valence-corrected chi connectivity index (χ3v) is 6.53. The highest BCUT2D eigenvalue weighted by Crippen LogP contribution is 2.28. The van der Waals surface area contributed by atoms with Crippen LogP contribution in [0.4, 0.5) is 5.82 Å². The van der Waals surface area contributed by atoms with E-state index < -0.39 is 0 Å². The van der Waals surface area contributed by atoms with E-state index in [1.165, 1.54) is 16.7 Å². The molecular formula is C29H36N4O. The standard InChI is InChI=1S/C29H36N4O/c1-4-5-14-26(34)21-32-15-17-33(18-16-32)29-27(20-24-11-9-10-22(2)19-24)23(3)30-28(31-29)25-12-7-6-8-13-25/h4,6-13,19,26,34H,1,5,14-18,20-21H2,2-3H3/t26-/m0/s1. The molecule has 0 bridgehead atoms. The number of hydrogen-bond acceptors (Lipinski definition) is 5. The van der Waals surface area contributed by atoms with Crippen LogP contribution >= 0.6 is 0 Å². The zero-order valence-electron chi connectivity index (χ0n) is 20.5. The molecule has 0 aliphatic carbocycles. The summed E-state index contributed by atoms with van der Waals surface area (Å²) in [6, 6.07) is 18.9. The molecule has 1 fully saturated rings. The van der Waals surface area contributed by atoms with Gasteiger partial charge >= 0.3 is 0 Å². The number of allylic oxidation sites excluding steroid dienone is 1. The number of hydrogen-bond donors (Lipinski definition) is 1. The number of aromatic nitrogens is 2. The van der Waals surface area contributed by atoms with Crippen LogP contribution in [-0.4, -0.2) is 58.8 Å². The Kier molecular flexibility index (Phi) is 8.09. The molecule has 0 amide bonds. The third-order valence-electron chi connectivity index (χ3n) is 6.53. The van der Waals surface area contributed by atoms with E-state index in [1.807, 2.05) is 24.3 Å². The molecule has 1 aliphatic heterocycles. The molecule has 3 aromatic rings. The van der Waals surface area contributed by atoms with Crippen LogP contribution in [0.25, 0.3) is 11.4 Å². The number of aliphatic hydroxyl groups excluding tert-OH is 1. The van der Waals surface area contributed by atoms with E-state index in [0.717, 1.165) is 74.9 Å². The summed E-state index contributed by atoms with van der Waals surface area (Å²) < 4.78 is 0. The molecule has 34 heavy (non-hydrogen) atoms. The zero-order valence-corrected chi connectivity index (χ0v) is 20.5. The van der Waals surface area contributed by atoms with Crippen LogP contribution in [0.3, 0.4) is 0 Å². The highest BCUT2D eigenvalue weighted by Gasteiger charge is 2.24. The van der Waals surface area contributed by atoms with Gasteiger partial charge in [0, 0.05) is 56.0 Å². The van der Waals surface area contributed by atoms with E-state index >= 15 is 0 Å². The van der Waals surface area contributed by atoms with Crippen LogP contribution in [0.2, 0.25) is 0 Å². The Balaban J connectivity index is 1.59. The Bertz CT molecular complexity index is 1090. The SMILES string of the molecule is C=CCC[C@H](O)CN1CCN(c2nc(-c3ccccc3)nc(C)c2Cc2cccc(C)c2)CC1. The third kappa shape index (κ3) is 6.10. The maximum absolute atomic E-state index is 10.3. The van der Waals surface area contributed by atoms with E-state index in [2.05, 4.69) is 66.6 Å². The first kappa shape index (κ1) is 24.1. The predicted octanol–water partition coefficient (Wildman–Crippen LogP) is 4.80. The van der Waals surface area contributed by atoms with Gasteiger partial charge in [-0.1, -0.05) is 66.2 Å². The lowest BCUT2D eigenvalue weighted by Gasteiger charge is -2.37. The Morgan fingerprint density at radius 3 is 2.47 bits per heavy atom. The number of anilines is 1. The van der Waals surface area contributed by atoms with Crippen molar-refractivity contribution in [1.29, 1.82) is 0 Å². The first-order chi connectivity index (χ1) is 16.5. The normalized spacial score (nSPS) is 15.3. The minimum Gasteiger partial charge on any atom is -0.392 e. The number of nitrogens with zero attached hydrogens (tertiary/aromatic N) is 4. The molecule has 1 aromatic heterocycles. The van der Waals surface area contributed by atoms with Crippen LogP contribution in [0.15, 0.2) is 67.3 Å². The second-order valence-electron chi connectivity index (χ2n) is 9.27. The average Bonchev–Trinajstić information content (AvgIpc) is 2.85. The molecule has 0 unspecified atom stereocenters. The van der Waals surface area contributed by atoms with E-state index in [-0.39, 0.29) is 6.10 Å². The number of benzene rings is 2. The van der Waals surface area contributed by atoms with Gasteiger partial charge in [-0.3, -0.25) is 4.90 Å². The highest BCUT2D eigenvalue weighted by atomic mass is 16.3. The quantitative estimate of drug-likeness (QED) is 0.469. The van der Waals surface area contributed by atoms with Crippen molar-refractivity contribution in [2.75, 3.05) is 37.6 Å². The van der Waals surface area contributed by atoms with E-state index in [1.54, 1.807) is 0 Å². The topological polar surface area (TPSA) is 52.5 Å². The lowest BCUT2D eigenvalue weighted by atomic mass is 10.0. The lowest BCUT2D eigenvalue weighted by Crippen LogP contribution is -2.49. The van der Waals surface area contributed by atoms with Gasteiger partial charge in [0.1, 0.15) is 5.82 Å². The molecule has 1 N–H and O–H groups in total. The van der Waals surface area contributed by atoms with E-state index in [4.69, 9.17) is 9.97 Å². The molecule has 2 heterocycles. The summed E-state index contributed by atoms with van der Waals surface area (Å²) in [4.78, 5) is 14.8. The summed E-state index contributed by atoms with van der Waals surface area (Å²) in [6.45, 7) is 12.3. The molecule has 5 nitrogen and oxygen atoms in total. The molecule has 5 heteroatoms. The van der Waals surface area contributed by atoms with Crippen LogP contribution in [0.5, 0.6) is 0 Å². The van der Waals surface area contributed by atoms with Crippen molar-refractivity contribution >= 4 is 5.82 Å². The molecule has 2 aromatic carbocycles. The molecule has 0 radical (unpaired) electrons. The van der Waals surface area contributed by atoms with Crippen molar-refractivity contribution in [3.8, 4) is 11.4 Å². The summed E-state index contributed by atoms with van der Waals surface area (Å²) in [6.07, 6.45) is 4.02. The van der Waals surface area contributed by atoms with Gasteiger partial charge in [-0.2, -0.15) is 0 Å². The minimum absolute atomic E-state index is 0.299. The largest absolute Gasteiger partial charge is 0.392 e. The average molecular weight is 457 g/mol. The fourth-order valence-electron chi connectivity index (χ4n) is 4.63. The Morgan fingerprint density at radius 1 is 1.00 bits per heavy atom. The van der Waals surface area contributed by atoms with Crippen molar-refractivity contribution in [2.24, 2.45) is 0 Å². The van der Waals surface area contributed by atoms with E-state index in [9.17, 15) is 5.11 Å². The molecule has 4 rings (SSSR count). The van der Waals surface area contributed by atoms with Crippen LogP contribution in [-0.2, 0) is 6.42 Å². The van der Waals surface area contributed by atoms with Gasteiger partial charge in [0.05, 0.1) is 6.10 Å². The second kappa shape index (κ2) is 11.4. The summed E-state index contributed by atoms with van der Waals surface area (Å²) in [5.74, 6) is 1.82. The minimum atomic E-state index is -0.299. The van der Waals surface area contributed by atoms with Gasteiger partial charge in [0.25, 0.3) is 0 Å². The van der Waals surface area contributed by atoms with Crippen LogP contribution < -0.4 is 4.90 Å². The number of piperazine rings is 1. The monoisotopic (exact) mass is 456 g/mol. The first-order valence-electron chi connectivity index (χ1n) is 12.3. The fraction of sp³-hybridized carbons (Fsp3) is 0.379. The van der Waals surface area contributed by atoms with Crippen molar-refractivity contribution < 1.29 is 5.11 Å². The molecule has 0 spiro atoms. The molecule has 1 saturated heterocycles. The summed E-state index contributed by atoms with van der Waals surface area (Å²) in [5.41, 5.74) is 5.82. The Labute approximate surface area is 203 Å². The summed E-state index contributed by atoms with van der Waals surface area (Å²) in [7, 11) is 0. The first-order valence-corrected chi connectivity index (χ1v) is 12.3. The smallest absolute Gasteiger partial charge is 0.161 e. The van der Waals surface area contributed by atoms with Gasteiger partial charge in [-0.25, -0.2) is 9.97 Å². The van der Waals surface area contributed by atoms with E-state index in [0.29, 0.717) is 0 Å². The van der Waals surface area contributed by atoms with Crippen molar-refractivity contribution in [3.63, 3.8) is 0 Å². The summed E-state index contributed by atoms with van der Waals surface area (Å²) in [5, 5.41) is 10.3. The molecule has 178 valence electrons. The lowest BCUT2D eigenvalue weighted by molar-refractivity contribution is 0.103. The zero-order chi connectivity index (χ0) is 23.9. The van der Waals surface area contributed by atoms with Gasteiger partial charge in [0.15, 0.2) is 5.82 Å². The van der Waals surface area contributed by atoms with Crippen molar-refractivity contribution in [2.45, 2.75) is 39.2 Å². The van der Waals surface area contributed by atoms with Crippen LogP contribution in [0, 0.1) is 13.8 Å². The number of aryl methyl sites for hydroxylation is 2. The predicted molar refractivity (Wildman–Crippen MR) is 140 cm³/mol. The number of β-amino-alcohol motifs (C(OH)–C–C–N with tert-alkyl or cyclic N) is 1. The van der Waals surface area contributed by atoms with Gasteiger partial charge in [0.2, 0.25) is 0 Å². The number of rotatable bonds is 9. The Hall–Kier alpha value is -3.02. The number of aliphatic hydroxyl groups is 1. The molecule has 0 saturated carbocycles. The van der Waals surface area contributed by atoms with Crippen molar-refractivity contribution in [3.05, 3.63) is 89.6 Å². The molecule has 1 atom stereocenters. The second-order valence-corrected chi connectivity index (χ2v) is 9.27. The Morgan fingerprint density at radius 2 is 1.76 bits per heavy atom. The molecular weight excluding hydrogens is 420 g/mol. The summed E-state index contributed by atoms with van der Waals surface area (Å²) >= 11 is 0. The van der Waals surface area contributed by atoms with Gasteiger partial charge < -0.3 is 10.0 Å². The fourth-order valence-corrected chi connectivity index (χ4v) is 4.63. The van der Waals surface area contributed by atoms with Crippen molar-refractivity contribution in [1.82, 2.24) is 14.9 Å². The van der Waals surface area contributed by atoms with Gasteiger partial charge in [-0.05, 0) is 32.3 Å². The maximum atomic E-state index is 10.3. The molecule has 1 aliphatic rings. The van der Waals surface area contributed by atoms with Crippen LogP contribution in [0.1, 0.15) is 35.2 Å². The maximum Gasteiger partial charge on any atom is 0.161 e.